The fourth-order valence-corrected chi connectivity index (χ4v) is 2.29. The zero-order chi connectivity index (χ0) is 27.0. The van der Waals surface area contributed by atoms with Crippen LogP contribution in [0.15, 0.2) is 24.3 Å². The molecule has 3 atom stereocenters. The zero-order valence-electron chi connectivity index (χ0n) is 19.4. The number of aliphatic carboxylic acids is 4. The maximum absolute atomic E-state index is 11.3. The van der Waals surface area contributed by atoms with Crippen LogP contribution in [-0.2, 0) is 38.2 Å². The third kappa shape index (κ3) is 16.0. The highest BCUT2D eigenvalue weighted by molar-refractivity contribution is 5.87. The average molecular weight is 488 g/mol. The summed E-state index contributed by atoms with van der Waals surface area (Å²) in [7, 11) is 0. The molecule has 192 valence electrons. The standard InChI is InChI=1S/C12H18O6.C10H14O6/c1-4-9(18-12(17)7(2)3)5-8(11(15)16)6-10(13)14;1-6(2)10(15)16-4-3-7(9(13)14)5-8(11)12/h8-9H,2,4-6H2,1,3H3,(H,13,14)(H,15,16);7H,1,3-5H2,2H3,(H,11,12)(H,13,14). The van der Waals surface area contributed by atoms with Gasteiger partial charge in [0.15, 0.2) is 0 Å². The topological polar surface area (TPSA) is 202 Å². The maximum atomic E-state index is 11.3. The Labute approximate surface area is 196 Å². The first kappa shape index (κ1) is 32.5. The molecule has 4 N–H and O–H groups in total. The molecule has 0 fully saturated rings. The Balaban J connectivity index is 0. The summed E-state index contributed by atoms with van der Waals surface area (Å²) in [5.74, 6) is -8.13. The molecule has 0 aromatic rings. The van der Waals surface area contributed by atoms with Crippen LogP contribution in [0.3, 0.4) is 0 Å². The Kier molecular flexibility index (Phi) is 16.1. The average Bonchev–Trinajstić information content (AvgIpc) is 2.70. The van der Waals surface area contributed by atoms with Crippen molar-refractivity contribution in [1.29, 1.82) is 0 Å². The van der Waals surface area contributed by atoms with E-state index in [0.29, 0.717) is 6.42 Å². The highest BCUT2D eigenvalue weighted by Crippen LogP contribution is 2.17. The Morgan fingerprint density at radius 2 is 1.21 bits per heavy atom. The number of esters is 2. The van der Waals surface area contributed by atoms with Crippen LogP contribution in [0.4, 0.5) is 0 Å². The van der Waals surface area contributed by atoms with E-state index in [9.17, 15) is 28.8 Å². The molecule has 0 saturated carbocycles. The van der Waals surface area contributed by atoms with Gasteiger partial charge < -0.3 is 29.9 Å². The summed E-state index contributed by atoms with van der Waals surface area (Å²) >= 11 is 0. The summed E-state index contributed by atoms with van der Waals surface area (Å²) in [6.45, 7) is 11.3. The van der Waals surface area contributed by atoms with Crippen LogP contribution in [0.2, 0.25) is 0 Å². The minimum absolute atomic E-state index is 0.0167. The first-order chi connectivity index (χ1) is 15.6. The van der Waals surface area contributed by atoms with Crippen LogP contribution in [0.1, 0.15) is 52.9 Å². The molecule has 0 amide bonds. The quantitative estimate of drug-likeness (QED) is 0.193. The Bertz CT molecular complexity index is 783. The largest absolute Gasteiger partial charge is 0.481 e. The molecule has 0 spiro atoms. The van der Waals surface area contributed by atoms with E-state index >= 15 is 0 Å². The van der Waals surface area contributed by atoms with E-state index < -0.39 is 66.6 Å². The van der Waals surface area contributed by atoms with Crippen LogP contribution in [-0.4, -0.2) is 69.0 Å². The SMILES string of the molecule is C=C(C)C(=O)OC(CC)CC(CC(=O)O)C(=O)O.C=C(C)C(=O)OCCC(CC(=O)O)C(=O)O. The van der Waals surface area contributed by atoms with E-state index in [1.54, 1.807) is 6.92 Å². The van der Waals surface area contributed by atoms with Crippen molar-refractivity contribution in [2.75, 3.05) is 6.61 Å². The third-order valence-electron chi connectivity index (χ3n) is 4.21. The molecule has 12 heteroatoms. The second-order valence-corrected chi connectivity index (χ2v) is 7.42. The van der Waals surface area contributed by atoms with Crippen LogP contribution in [0, 0.1) is 11.8 Å². The molecule has 0 aliphatic rings. The molecule has 3 unspecified atom stereocenters. The van der Waals surface area contributed by atoms with Gasteiger partial charge in [-0.15, -0.1) is 0 Å². The number of rotatable bonds is 15. The molecule has 0 aromatic carbocycles. The molecule has 0 aromatic heterocycles. The molecule has 12 nitrogen and oxygen atoms in total. The number of ether oxygens (including phenoxy) is 2. The molecular weight excluding hydrogens is 456 g/mol. The van der Waals surface area contributed by atoms with Crippen molar-refractivity contribution in [2.45, 2.75) is 59.0 Å². The van der Waals surface area contributed by atoms with Crippen LogP contribution >= 0.6 is 0 Å². The van der Waals surface area contributed by atoms with Gasteiger partial charge in [0.05, 0.1) is 31.3 Å². The summed E-state index contributed by atoms with van der Waals surface area (Å²) in [5, 5.41) is 34.6. The normalized spacial score (nSPS) is 12.6. The second kappa shape index (κ2) is 16.9. The van der Waals surface area contributed by atoms with Gasteiger partial charge in [-0.2, -0.15) is 0 Å². The lowest BCUT2D eigenvalue weighted by Gasteiger charge is -2.19. The van der Waals surface area contributed by atoms with Gasteiger partial charge in [-0.3, -0.25) is 19.2 Å². The molecule has 0 bridgehead atoms. The van der Waals surface area contributed by atoms with Gasteiger partial charge in [0.25, 0.3) is 0 Å². The summed E-state index contributed by atoms with van der Waals surface area (Å²) < 4.78 is 9.70. The van der Waals surface area contributed by atoms with Crippen LogP contribution in [0.25, 0.3) is 0 Å². The van der Waals surface area contributed by atoms with Crippen molar-refractivity contribution in [3.63, 3.8) is 0 Å². The number of hydrogen-bond donors (Lipinski definition) is 4. The monoisotopic (exact) mass is 488 g/mol. The lowest BCUT2D eigenvalue weighted by molar-refractivity contribution is -0.153. The van der Waals surface area contributed by atoms with Gasteiger partial charge in [0, 0.05) is 11.1 Å². The number of carbonyl (C=O) groups is 6. The van der Waals surface area contributed by atoms with Crippen molar-refractivity contribution in [3.8, 4) is 0 Å². The molecule has 0 aliphatic carbocycles. The van der Waals surface area contributed by atoms with Crippen molar-refractivity contribution >= 4 is 35.8 Å². The zero-order valence-corrected chi connectivity index (χ0v) is 19.4. The van der Waals surface area contributed by atoms with E-state index in [2.05, 4.69) is 17.9 Å². The molecule has 0 heterocycles. The second-order valence-electron chi connectivity index (χ2n) is 7.42. The minimum Gasteiger partial charge on any atom is -0.481 e. The van der Waals surface area contributed by atoms with Gasteiger partial charge in [-0.1, -0.05) is 20.1 Å². The summed E-state index contributed by atoms with van der Waals surface area (Å²) in [4.78, 5) is 64.6. The van der Waals surface area contributed by atoms with E-state index in [1.165, 1.54) is 13.8 Å². The first-order valence-corrected chi connectivity index (χ1v) is 10.2. The molecule has 34 heavy (non-hydrogen) atoms. The summed E-state index contributed by atoms with van der Waals surface area (Å²) in [6.07, 6.45) is -1.22. The van der Waals surface area contributed by atoms with E-state index in [1.807, 2.05) is 0 Å². The van der Waals surface area contributed by atoms with Crippen molar-refractivity contribution in [1.82, 2.24) is 0 Å². The Hall–Kier alpha value is -3.70. The van der Waals surface area contributed by atoms with Gasteiger partial charge in [0.2, 0.25) is 0 Å². The van der Waals surface area contributed by atoms with Crippen LogP contribution in [0.5, 0.6) is 0 Å². The van der Waals surface area contributed by atoms with Crippen LogP contribution < -0.4 is 0 Å². The predicted molar refractivity (Wildman–Crippen MR) is 117 cm³/mol. The molecule has 0 rings (SSSR count). The minimum atomic E-state index is -1.21. The van der Waals surface area contributed by atoms with Gasteiger partial charge in [-0.25, -0.2) is 9.59 Å². The molecular formula is C22H32O12. The van der Waals surface area contributed by atoms with Gasteiger partial charge in [0.1, 0.15) is 6.10 Å². The Morgan fingerprint density at radius 3 is 1.56 bits per heavy atom. The lowest BCUT2D eigenvalue weighted by Crippen LogP contribution is -2.26. The summed E-state index contributed by atoms with van der Waals surface area (Å²) in [6, 6.07) is 0. The third-order valence-corrected chi connectivity index (χ3v) is 4.21. The summed E-state index contributed by atoms with van der Waals surface area (Å²) in [5.41, 5.74) is 0.434. The van der Waals surface area contributed by atoms with Crippen molar-refractivity contribution < 1.29 is 58.7 Å². The highest BCUT2D eigenvalue weighted by Gasteiger charge is 2.26. The fourth-order valence-electron chi connectivity index (χ4n) is 2.29. The molecule has 0 radical (unpaired) electrons. The Morgan fingerprint density at radius 1 is 0.765 bits per heavy atom. The first-order valence-electron chi connectivity index (χ1n) is 10.2. The number of carboxylic acid groups (broad SMARTS) is 4. The van der Waals surface area contributed by atoms with Gasteiger partial charge >= 0.3 is 35.8 Å². The maximum Gasteiger partial charge on any atom is 0.333 e. The molecule has 0 saturated heterocycles. The fraction of sp³-hybridized carbons (Fsp3) is 0.545. The van der Waals surface area contributed by atoms with Gasteiger partial charge in [-0.05, 0) is 33.1 Å². The van der Waals surface area contributed by atoms with E-state index in [4.69, 9.17) is 25.2 Å². The van der Waals surface area contributed by atoms with Crippen molar-refractivity contribution in [3.05, 3.63) is 24.3 Å². The van der Waals surface area contributed by atoms with Crippen molar-refractivity contribution in [2.24, 2.45) is 11.8 Å². The smallest absolute Gasteiger partial charge is 0.333 e. The number of hydrogen-bond acceptors (Lipinski definition) is 8. The van der Waals surface area contributed by atoms with E-state index in [0.717, 1.165) is 0 Å². The van der Waals surface area contributed by atoms with E-state index in [-0.39, 0.29) is 30.6 Å². The lowest BCUT2D eigenvalue weighted by atomic mass is 9.97. The predicted octanol–water partition coefficient (Wildman–Crippen LogP) is 2.12. The number of carbonyl (C=O) groups excluding carboxylic acids is 2. The number of carboxylic acids is 4. The molecule has 0 aliphatic heterocycles. The highest BCUT2D eigenvalue weighted by atomic mass is 16.5.